The van der Waals surface area contributed by atoms with E-state index in [1.807, 2.05) is 20.8 Å². The molecule has 1 aromatic rings. The van der Waals surface area contributed by atoms with E-state index in [4.69, 9.17) is 11.6 Å². The first-order valence-corrected chi connectivity index (χ1v) is 7.92. The standard InChI is InChI=1S/C11H19ClN2O2S/c1-5-17(15,16)7-6-14-10(4)11(8(2)12)9(3)13-14/h8H,5-7H2,1-4H3. The Labute approximate surface area is 108 Å². The van der Waals surface area contributed by atoms with Gasteiger partial charge in [0.1, 0.15) is 0 Å². The summed E-state index contributed by atoms with van der Waals surface area (Å²) < 4.78 is 24.6. The van der Waals surface area contributed by atoms with Gasteiger partial charge in [-0.3, -0.25) is 4.68 Å². The largest absolute Gasteiger partial charge is 0.268 e. The first-order chi connectivity index (χ1) is 7.78. The fourth-order valence-electron chi connectivity index (χ4n) is 1.87. The van der Waals surface area contributed by atoms with Gasteiger partial charge in [-0.15, -0.1) is 11.6 Å². The summed E-state index contributed by atoms with van der Waals surface area (Å²) in [6.07, 6.45) is 0. The van der Waals surface area contributed by atoms with Crippen molar-refractivity contribution in [3.63, 3.8) is 0 Å². The summed E-state index contributed by atoms with van der Waals surface area (Å²) in [7, 11) is -2.95. The molecule has 0 bridgehead atoms. The molecule has 0 aliphatic carbocycles. The Morgan fingerprint density at radius 2 is 2.00 bits per heavy atom. The highest BCUT2D eigenvalue weighted by molar-refractivity contribution is 7.91. The lowest BCUT2D eigenvalue weighted by molar-refractivity contribution is 0.577. The molecule has 0 aliphatic rings. The average molecular weight is 279 g/mol. The molecule has 0 saturated carbocycles. The van der Waals surface area contributed by atoms with Gasteiger partial charge in [0.05, 0.1) is 23.4 Å². The topological polar surface area (TPSA) is 52.0 Å². The molecule has 0 radical (unpaired) electrons. The summed E-state index contributed by atoms with van der Waals surface area (Å²) in [4.78, 5) is 0. The van der Waals surface area contributed by atoms with Gasteiger partial charge in [-0.2, -0.15) is 5.10 Å². The van der Waals surface area contributed by atoms with Crippen LogP contribution in [0.2, 0.25) is 0 Å². The van der Waals surface area contributed by atoms with Crippen molar-refractivity contribution in [1.29, 1.82) is 0 Å². The zero-order valence-electron chi connectivity index (χ0n) is 10.7. The Bertz CT molecular complexity index is 492. The first kappa shape index (κ1) is 14.5. The summed E-state index contributed by atoms with van der Waals surface area (Å²) in [5.41, 5.74) is 2.83. The van der Waals surface area contributed by atoms with E-state index in [0.717, 1.165) is 17.0 Å². The Morgan fingerprint density at radius 3 is 2.41 bits per heavy atom. The molecule has 0 N–H and O–H groups in total. The molecule has 1 unspecified atom stereocenters. The van der Waals surface area contributed by atoms with Gasteiger partial charge in [0, 0.05) is 17.0 Å². The maximum atomic E-state index is 11.4. The number of nitrogens with zero attached hydrogens (tertiary/aromatic N) is 2. The van der Waals surface area contributed by atoms with Crippen molar-refractivity contribution in [2.45, 2.75) is 39.6 Å². The Balaban J connectivity index is 2.91. The van der Waals surface area contributed by atoms with Crippen LogP contribution >= 0.6 is 11.6 Å². The second-order valence-corrected chi connectivity index (χ2v) is 7.29. The van der Waals surface area contributed by atoms with E-state index < -0.39 is 9.84 Å². The molecule has 1 rings (SSSR count). The fraction of sp³-hybridized carbons (Fsp3) is 0.727. The minimum absolute atomic E-state index is 0.105. The van der Waals surface area contributed by atoms with Gasteiger partial charge in [-0.05, 0) is 20.8 Å². The highest BCUT2D eigenvalue weighted by Gasteiger charge is 2.17. The molecule has 6 heteroatoms. The van der Waals surface area contributed by atoms with E-state index in [-0.39, 0.29) is 16.9 Å². The maximum Gasteiger partial charge on any atom is 0.151 e. The van der Waals surface area contributed by atoms with Crippen molar-refractivity contribution in [2.24, 2.45) is 0 Å². The number of alkyl halides is 1. The van der Waals surface area contributed by atoms with Gasteiger partial charge in [-0.1, -0.05) is 6.92 Å². The van der Waals surface area contributed by atoms with Crippen LogP contribution in [-0.2, 0) is 16.4 Å². The summed E-state index contributed by atoms with van der Waals surface area (Å²) in [5.74, 6) is 0.298. The van der Waals surface area contributed by atoms with Gasteiger partial charge >= 0.3 is 0 Å². The number of rotatable bonds is 5. The molecule has 0 amide bonds. The molecule has 0 aromatic carbocycles. The van der Waals surface area contributed by atoms with E-state index in [1.165, 1.54) is 0 Å². The van der Waals surface area contributed by atoms with Crippen LogP contribution in [0.5, 0.6) is 0 Å². The van der Waals surface area contributed by atoms with E-state index in [2.05, 4.69) is 5.10 Å². The molecular weight excluding hydrogens is 260 g/mol. The van der Waals surface area contributed by atoms with E-state index in [0.29, 0.717) is 6.54 Å². The summed E-state index contributed by atoms with van der Waals surface area (Å²) in [5, 5.41) is 4.23. The Hall–Kier alpha value is -0.550. The zero-order valence-corrected chi connectivity index (χ0v) is 12.3. The van der Waals surface area contributed by atoms with Crippen molar-refractivity contribution >= 4 is 21.4 Å². The summed E-state index contributed by atoms with van der Waals surface area (Å²) >= 11 is 6.07. The highest BCUT2D eigenvalue weighted by Crippen LogP contribution is 2.26. The lowest BCUT2D eigenvalue weighted by Crippen LogP contribution is -2.16. The number of sulfone groups is 1. The fourth-order valence-corrected chi connectivity index (χ4v) is 2.93. The number of aryl methyl sites for hydroxylation is 2. The molecule has 0 saturated heterocycles. The lowest BCUT2D eigenvalue weighted by atomic mass is 10.1. The molecule has 4 nitrogen and oxygen atoms in total. The number of hydrogen-bond donors (Lipinski definition) is 0. The molecule has 17 heavy (non-hydrogen) atoms. The third kappa shape index (κ3) is 3.45. The van der Waals surface area contributed by atoms with Gasteiger partial charge < -0.3 is 0 Å². The Kier molecular flexibility index (Phi) is 4.61. The average Bonchev–Trinajstić information content (AvgIpc) is 2.51. The quantitative estimate of drug-likeness (QED) is 0.776. The second-order valence-electron chi connectivity index (χ2n) is 4.16. The number of hydrogen-bond acceptors (Lipinski definition) is 3. The first-order valence-electron chi connectivity index (χ1n) is 5.67. The van der Waals surface area contributed by atoms with Crippen LogP contribution in [0.15, 0.2) is 0 Å². The van der Waals surface area contributed by atoms with Gasteiger partial charge in [0.25, 0.3) is 0 Å². The molecule has 1 aromatic heterocycles. The maximum absolute atomic E-state index is 11.4. The van der Waals surface area contributed by atoms with Crippen LogP contribution in [0.25, 0.3) is 0 Å². The Morgan fingerprint density at radius 1 is 1.41 bits per heavy atom. The summed E-state index contributed by atoms with van der Waals surface area (Å²) in [6, 6.07) is 0. The minimum atomic E-state index is -2.95. The van der Waals surface area contributed by atoms with Gasteiger partial charge in [0.15, 0.2) is 9.84 Å². The molecule has 0 aliphatic heterocycles. The van der Waals surface area contributed by atoms with Crippen molar-refractivity contribution in [3.8, 4) is 0 Å². The van der Waals surface area contributed by atoms with Crippen molar-refractivity contribution in [3.05, 3.63) is 17.0 Å². The number of aromatic nitrogens is 2. The van der Waals surface area contributed by atoms with E-state index in [9.17, 15) is 8.42 Å². The third-order valence-corrected chi connectivity index (χ3v) is 4.79. The predicted octanol–water partition coefficient (Wildman–Crippen LogP) is 2.23. The molecule has 0 spiro atoms. The van der Waals surface area contributed by atoms with Gasteiger partial charge in [0.2, 0.25) is 0 Å². The zero-order chi connectivity index (χ0) is 13.2. The van der Waals surface area contributed by atoms with E-state index >= 15 is 0 Å². The monoisotopic (exact) mass is 278 g/mol. The van der Waals surface area contributed by atoms with Gasteiger partial charge in [-0.25, -0.2) is 8.42 Å². The lowest BCUT2D eigenvalue weighted by Gasteiger charge is -2.06. The second kappa shape index (κ2) is 5.40. The molecule has 0 fully saturated rings. The molecule has 98 valence electrons. The third-order valence-electron chi connectivity index (χ3n) is 2.89. The molecule has 1 heterocycles. The van der Waals surface area contributed by atoms with Crippen LogP contribution in [0.3, 0.4) is 0 Å². The SMILES string of the molecule is CCS(=O)(=O)CCn1nc(C)c(C(C)Cl)c1C. The van der Waals surface area contributed by atoms with Crippen molar-refractivity contribution < 1.29 is 8.42 Å². The van der Waals surface area contributed by atoms with Crippen LogP contribution < -0.4 is 0 Å². The normalized spacial score (nSPS) is 13.9. The van der Waals surface area contributed by atoms with E-state index in [1.54, 1.807) is 11.6 Å². The number of halogens is 1. The van der Waals surface area contributed by atoms with Crippen LogP contribution in [0, 0.1) is 13.8 Å². The minimum Gasteiger partial charge on any atom is -0.268 e. The van der Waals surface area contributed by atoms with Crippen molar-refractivity contribution in [2.75, 3.05) is 11.5 Å². The van der Waals surface area contributed by atoms with Crippen LogP contribution in [-0.4, -0.2) is 29.7 Å². The molecular formula is C11H19ClN2O2S. The molecule has 1 atom stereocenters. The van der Waals surface area contributed by atoms with Crippen molar-refractivity contribution in [1.82, 2.24) is 9.78 Å². The van der Waals surface area contributed by atoms with Crippen LogP contribution in [0.1, 0.15) is 36.2 Å². The summed E-state index contributed by atoms with van der Waals surface area (Å²) in [6.45, 7) is 7.76. The van der Waals surface area contributed by atoms with Crippen LogP contribution in [0.4, 0.5) is 0 Å². The highest BCUT2D eigenvalue weighted by atomic mass is 35.5. The predicted molar refractivity (Wildman–Crippen MR) is 70.3 cm³/mol. The smallest absolute Gasteiger partial charge is 0.151 e.